The van der Waals surface area contributed by atoms with Crippen LogP contribution in [0, 0.1) is 0 Å². The third kappa shape index (κ3) is 4.66. The van der Waals surface area contributed by atoms with Crippen molar-refractivity contribution in [2.45, 2.75) is 0 Å². The summed E-state index contributed by atoms with van der Waals surface area (Å²) in [4.78, 5) is 2.48. The van der Waals surface area contributed by atoms with Crippen LogP contribution in [0.4, 0.5) is 17.1 Å². The molecule has 0 unspecified atom stereocenters. The predicted octanol–water partition coefficient (Wildman–Crippen LogP) is 14.4. The van der Waals surface area contributed by atoms with E-state index in [2.05, 4.69) is 181 Å². The van der Waals surface area contributed by atoms with Crippen molar-refractivity contribution in [1.82, 2.24) is 0 Å². The summed E-state index contributed by atoms with van der Waals surface area (Å²) in [5.41, 5.74) is 8.45. The molecule has 8 aromatic carbocycles. The van der Waals surface area contributed by atoms with Gasteiger partial charge in [0.15, 0.2) is 0 Å². The van der Waals surface area contributed by atoms with E-state index in [0.717, 1.165) is 5.69 Å². The Kier molecular flexibility index (Phi) is 6.61. The summed E-state index contributed by atoms with van der Waals surface area (Å²) in [6.07, 6.45) is 0. The van der Waals surface area contributed by atoms with Crippen molar-refractivity contribution in [2.24, 2.45) is 0 Å². The summed E-state index contributed by atoms with van der Waals surface area (Å²) in [5, 5.41) is 7.73. The fourth-order valence-corrected chi connectivity index (χ4v) is 9.77. The van der Waals surface area contributed by atoms with E-state index < -0.39 is 0 Å². The maximum Gasteiger partial charge on any atom is 0.0640 e. The smallest absolute Gasteiger partial charge is 0.0640 e. The number of anilines is 3. The second-order valence-corrected chi connectivity index (χ2v) is 14.6. The molecule has 0 N–H and O–H groups in total. The first-order chi connectivity index (χ1) is 24.3. The number of fused-ring (bicyclic) bond motifs is 7. The summed E-state index contributed by atoms with van der Waals surface area (Å²) in [6, 6.07) is 64.4. The van der Waals surface area contributed by atoms with Crippen molar-refractivity contribution >= 4 is 90.9 Å². The average molecular weight is 660 g/mol. The minimum absolute atomic E-state index is 1.14. The lowest BCUT2D eigenvalue weighted by molar-refractivity contribution is 1.32. The van der Waals surface area contributed by atoms with Crippen LogP contribution >= 0.6 is 22.7 Å². The first-order valence-corrected chi connectivity index (χ1v) is 18.2. The Morgan fingerprint density at radius 1 is 0.347 bits per heavy atom. The molecule has 0 aliphatic heterocycles. The quantitative estimate of drug-likeness (QED) is 0.178. The molecule has 0 aliphatic rings. The zero-order valence-corrected chi connectivity index (χ0v) is 28.1. The van der Waals surface area contributed by atoms with E-state index in [4.69, 9.17) is 0 Å². The third-order valence-corrected chi connectivity index (χ3v) is 12.1. The normalized spacial score (nSPS) is 11.7. The number of rotatable bonds is 5. The molecule has 0 saturated carbocycles. The van der Waals surface area contributed by atoms with E-state index in [9.17, 15) is 0 Å². The summed E-state index contributed by atoms with van der Waals surface area (Å²) >= 11 is 3.76. The highest BCUT2D eigenvalue weighted by atomic mass is 32.1. The van der Waals surface area contributed by atoms with Gasteiger partial charge in [-0.2, -0.15) is 0 Å². The molecule has 0 atom stereocenters. The van der Waals surface area contributed by atoms with Crippen LogP contribution in [0.15, 0.2) is 176 Å². The van der Waals surface area contributed by atoms with Gasteiger partial charge in [0.25, 0.3) is 0 Å². The van der Waals surface area contributed by atoms with Crippen LogP contribution in [0.25, 0.3) is 73.4 Å². The van der Waals surface area contributed by atoms with E-state index in [0.29, 0.717) is 0 Å². The zero-order valence-electron chi connectivity index (χ0n) is 26.5. The molecular formula is C46H29NS2. The Hall–Kier alpha value is -5.74. The van der Waals surface area contributed by atoms with Crippen LogP contribution in [0.3, 0.4) is 0 Å². The van der Waals surface area contributed by atoms with Crippen LogP contribution in [-0.2, 0) is 0 Å². The first-order valence-electron chi connectivity index (χ1n) is 16.6. The molecule has 3 heteroatoms. The number of hydrogen-bond acceptors (Lipinski definition) is 3. The molecule has 0 aliphatic carbocycles. The van der Waals surface area contributed by atoms with E-state index in [-0.39, 0.29) is 0 Å². The molecule has 0 fully saturated rings. The number of nitrogens with zero attached hydrogens (tertiary/aromatic N) is 1. The molecule has 49 heavy (non-hydrogen) atoms. The highest BCUT2D eigenvalue weighted by Gasteiger charge is 2.21. The van der Waals surface area contributed by atoms with E-state index in [1.165, 1.54) is 84.7 Å². The molecule has 10 aromatic rings. The van der Waals surface area contributed by atoms with E-state index in [1.807, 2.05) is 22.7 Å². The number of hydrogen-bond donors (Lipinski definition) is 0. The fourth-order valence-electron chi connectivity index (χ4n) is 7.36. The lowest BCUT2D eigenvalue weighted by Crippen LogP contribution is -2.10. The highest BCUT2D eigenvalue weighted by molar-refractivity contribution is 7.27. The first kappa shape index (κ1) is 28.3. The highest BCUT2D eigenvalue weighted by Crippen LogP contribution is 2.49. The largest absolute Gasteiger partial charge is 0.308 e. The Balaban J connectivity index is 1.19. The van der Waals surface area contributed by atoms with Gasteiger partial charge in [-0.25, -0.2) is 0 Å². The molecule has 0 radical (unpaired) electrons. The minimum Gasteiger partial charge on any atom is -0.308 e. The van der Waals surface area contributed by atoms with Crippen LogP contribution in [0.5, 0.6) is 0 Å². The lowest BCUT2D eigenvalue weighted by atomic mass is 9.93. The van der Waals surface area contributed by atoms with Crippen LogP contribution in [0.2, 0.25) is 0 Å². The van der Waals surface area contributed by atoms with Gasteiger partial charge in [0.2, 0.25) is 0 Å². The number of benzene rings is 8. The van der Waals surface area contributed by atoms with Gasteiger partial charge < -0.3 is 4.90 Å². The molecular weight excluding hydrogens is 631 g/mol. The molecule has 0 spiro atoms. The molecule has 0 bridgehead atoms. The van der Waals surface area contributed by atoms with Crippen molar-refractivity contribution < 1.29 is 0 Å². The van der Waals surface area contributed by atoms with Gasteiger partial charge in [-0.1, -0.05) is 127 Å². The molecule has 2 aromatic heterocycles. The maximum atomic E-state index is 2.48. The van der Waals surface area contributed by atoms with Crippen molar-refractivity contribution in [1.29, 1.82) is 0 Å². The summed E-state index contributed by atoms with van der Waals surface area (Å²) < 4.78 is 5.22. The van der Waals surface area contributed by atoms with Crippen LogP contribution < -0.4 is 4.90 Å². The summed E-state index contributed by atoms with van der Waals surface area (Å²) in [5.74, 6) is 0. The zero-order chi connectivity index (χ0) is 32.3. The van der Waals surface area contributed by atoms with Crippen molar-refractivity contribution in [3.63, 3.8) is 0 Å². The summed E-state index contributed by atoms with van der Waals surface area (Å²) in [7, 11) is 0. The van der Waals surface area contributed by atoms with Crippen molar-refractivity contribution in [3.05, 3.63) is 176 Å². The van der Waals surface area contributed by atoms with E-state index >= 15 is 0 Å². The topological polar surface area (TPSA) is 3.24 Å². The fraction of sp³-hybridized carbons (Fsp3) is 0. The number of thiophene rings is 2. The average Bonchev–Trinajstić information content (AvgIpc) is 3.75. The van der Waals surface area contributed by atoms with E-state index in [1.54, 1.807) is 0 Å². The Labute approximate surface area is 292 Å². The molecule has 10 rings (SSSR count). The van der Waals surface area contributed by atoms with Crippen molar-refractivity contribution in [2.75, 3.05) is 4.90 Å². The van der Waals surface area contributed by atoms with Gasteiger partial charge in [0.05, 0.1) is 20.8 Å². The van der Waals surface area contributed by atoms with Crippen molar-refractivity contribution in [3.8, 4) is 22.3 Å². The van der Waals surface area contributed by atoms with Gasteiger partial charge in [-0.15, -0.1) is 22.7 Å². The molecule has 230 valence electrons. The molecule has 1 nitrogen and oxygen atoms in total. The standard InChI is InChI=1S/C46H29NS2/c1-2-12-30(13-3-1)33-28-32-14-4-5-15-35(32)40(29-33)31-24-26-34(27-25-31)47(41-20-10-18-38-36-16-6-8-22-43(36)48-45(38)41)42-21-11-19-39-37-17-7-9-23-44(37)49-46(39)42/h1-29H. The minimum atomic E-state index is 1.14. The molecule has 2 heterocycles. The molecule has 0 amide bonds. The Morgan fingerprint density at radius 3 is 1.51 bits per heavy atom. The Morgan fingerprint density at radius 2 is 0.878 bits per heavy atom. The molecule has 0 saturated heterocycles. The van der Waals surface area contributed by atoms with Gasteiger partial charge >= 0.3 is 0 Å². The van der Waals surface area contributed by atoms with Gasteiger partial charge in [-0.05, 0) is 81.6 Å². The third-order valence-electron chi connectivity index (χ3n) is 9.65. The maximum absolute atomic E-state index is 2.48. The SMILES string of the molecule is c1ccc(-c2cc(-c3ccc(N(c4cccc5c4sc4ccccc45)c4cccc5c4sc4ccccc45)cc3)c3ccccc3c2)cc1. The monoisotopic (exact) mass is 659 g/mol. The Bertz CT molecular complexity index is 2710. The summed E-state index contributed by atoms with van der Waals surface area (Å²) in [6.45, 7) is 0. The van der Waals surface area contributed by atoms with Crippen LogP contribution in [0.1, 0.15) is 0 Å². The lowest BCUT2D eigenvalue weighted by Gasteiger charge is -2.27. The van der Waals surface area contributed by atoms with Gasteiger partial charge in [0.1, 0.15) is 0 Å². The van der Waals surface area contributed by atoms with Crippen LogP contribution in [-0.4, -0.2) is 0 Å². The predicted molar refractivity (Wildman–Crippen MR) is 215 cm³/mol. The second-order valence-electron chi connectivity index (χ2n) is 12.5. The van der Waals surface area contributed by atoms with Gasteiger partial charge in [-0.3, -0.25) is 0 Å². The van der Waals surface area contributed by atoms with Gasteiger partial charge in [0, 0.05) is 36.6 Å². The second kappa shape index (κ2) is 11.5.